The van der Waals surface area contributed by atoms with E-state index in [1.165, 1.54) is 18.3 Å². The zero-order chi connectivity index (χ0) is 29.0. The first-order valence-electron chi connectivity index (χ1n) is 12.2. The fraction of sp³-hybridized carbons (Fsp3) is 0.0323. The zero-order valence-electron chi connectivity index (χ0n) is 21.1. The number of aromatic nitrogens is 1. The third-order valence-electron chi connectivity index (χ3n) is 6.16. The molecule has 0 spiro atoms. The number of carbonyl (C=O) groups excluding carboxylic acids is 2. The van der Waals surface area contributed by atoms with Crippen molar-refractivity contribution in [2.45, 2.75) is 6.18 Å². The number of amides is 1. The minimum Gasteiger partial charge on any atom is -0.422 e. The maximum Gasteiger partial charge on any atom is 0.416 e. The van der Waals surface area contributed by atoms with E-state index in [2.05, 4.69) is 21.6 Å². The van der Waals surface area contributed by atoms with Gasteiger partial charge in [0.15, 0.2) is 0 Å². The smallest absolute Gasteiger partial charge is 0.416 e. The predicted octanol–water partition coefficient (Wildman–Crippen LogP) is 6.71. The fourth-order valence-corrected chi connectivity index (χ4v) is 4.26. The highest BCUT2D eigenvalue weighted by Crippen LogP contribution is 2.34. The Morgan fingerprint density at radius 2 is 1.66 bits per heavy atom. The van der Waals surface area contributed by atoms with Crippen molar-refractivity contribution in [3.63, 3.8) is 0 Å². The summed E-state index contributed by atoms with van der Waals surface area (Å²) in [6, 6.07) is 26.6. The normalized spacial score (nSPS) is 11.4. The van der Waals surface area contributed by atoms with E-state index in [1.54, 1.807) is 30.3 Å². The van der Waals surface area contributed by atoms with Gasteiger partial charge in [-0.1, -0.05) is 60.7 Å². The number of nitrogens with zero attached hydrogens (tertiary/aromatic N) is 2. The third kappa shape index (κ3) is 5.69. The lowest BCUT2D eigenvalue weighted by Crippen LogP contribution is -2.19. The van der Waals surface area contributed by atoms with Crippen molar-refractivity contribution in [3.8, 4) is 22.9 Å². The van der Waals surface area contributed by atoms with Gasteiger partial charge in [-0.3, -0.25) is 4.79 Å². The van der Waals surface area contributed by atoms with Gasteiger partial charge in [0.1, 0.15) is 17.5 Å². The summed E-state index contributed by atoms with van der Waals surface area (Å²) >= 11 is 0. The molecule has 0 bridgehead atoms. The molecule has 0 unspecified atom stereocenters. The average molecular weight is 553 g/mol. The molecule has 0 aliphatic carbocycles. The van der Waals surface area contributed by atoms with Crippen LogP contribution in [-0.2, 0) is 6.18 Å². The van der Waals surface area contributed by atoms with Crippen molar-refractivity contribution in [2.75, 3.05) is 0 Å². The molecule has 0 saturated heterocycles. The quantitative estimate of drug-likeness (QED) is 0.106. The van der Waals surface area contributed by atoms with Crippen LogP contribution >= 0.6 is 0 Å². The molecule has 1 aromatic heterocycles. The number of hydrazone groups is 1. The van der Waals surface area contributed by atoms with Gasteiger partial charge in [0.2, 0.25) is 0 Å². The van der Waals surface area contributed by atoms with E-state index in [1.807, 2.05) is 36.4 Å². The van der Waals surface area contributed by atoms with Gasteiger partial charge in [0.25, 0.3) is 5.91 Å². The number of rotatable bonds is 6. The minimum atomic E-state index is -4.61. The van der Waals surface area contributed by atoms with Crippen LogP contribution in [0, 0.1) is 11.3 Å². The number of ether oxygens (including phenoxy) is 1. The lowest BCUT2D eigenvalue weighted by atomic mass is 10.0. The van der Waals surface area contributed by atoms with E-state index in [0.717, 1.165) is 17.7 Å². The number of para-hydroxylation sites is 2. The van der Waals surface area contributed by atoms with Crippen LogP contribution in [0.5, 0.6) is 5.75 Å². The summed E-state index contributed by atoms with van der Waals surface area (Å²) in [4.78, 5) is 28.9. The van der Waals surface area contributed by atoms with Crippen LogP contribution in [0.1, 0.15) is 37.5 Å². The van der Waals surface area contributed by atoms with Gasteiger partial charge in [0, 0.05) is 16.5 Å². The van der Waals surface area contributed by atoms with Crippen LogP contribution in [0.4, 0.5) is 13.2 Å². The molecule has 7 nitrogen and oxygen atoms in total. The van der Waals surface area contributed by atoms with Crippen molar-refractivity contribution < 1.29 is 27.5 Å². The highest BCUT2D eigenvalue weighted by atomic mass is 19.4. The van der Waals surface area contributed by atoms with E-state index >= 15 is 0 Å². The van der Waals surface area contributed by atoms with E-state index in [-0.39, 0.29) is 17.0 Å². The summed E-state index contributed by atoms with van der Waals surface area (Å²) in [5.74, 6) is -1.54. The Balaban J connectivity index is 1.39. The van der Waals surface area contributed by atoms with E-state index < -0.39 is 23.6 Å². The number of halogens is 3. The molecule has 4 aromatic carbocycles. The first-order chi connectivity index (χ1) is 19.8. The number of benzene rings is 4. The number of hydrogen-bond donors (Lipinski definition) is 2. The molecule has 202 valence electrons. The maximum absolute atomic E-state index is 13.2. The SMILES string of the molecule is N#Cc1cccc2c(-c3ccccc3)c(C(=O)NN=Cc3ccccc3OC(=O)c3cccc(C(F)(F)F)c3)[nH]c12. The average Bonchev–Trinajstić information content (AvgIpc) is 3.38. The Labute approximate surface area is 231 Å². The van der Waals surface area contributed by atoms with E-state index in [9.17, 15) is 28.0 Å². The van der Waals surface area contributed by atoms with Crippen molar-refractivity contribution in [3.05, 3.63) is 125 Å². The number of fused-ring (bicyclic) bond motifs is 1. The van der Waals surface area contributed by atoms with Crippen LogP contribution < -0.4 is 10.2 Å². The van der Waals surface area contributed by atoms with Crippen molar-refractivity contribution in [2.24, 2.45) is 5.10 Å². The molecular weight excluding hydrogens is 533 g/mol. The number of carbonyl (C=O) groups is 2. The number of nitriles is 1. The summed E-state index contributed by atoms with van der Waals surface area (Å²) in [6.07, 6.45) is -3.36. The van der Waals surface area contributed by atoms with Crippen molar-refractivity contribution >= 4 is 29.0 Å². The molecule has 0 aliphatic rings. The molecule has 0 radical (unpaired) electrons. The standard InChI is InChI=1S/C31H19F3N4O3/c32-31(33,34)23-13-6-11-20(16-23)30(40)41-25-15-5-4-10-22(25)18-36-38-29(39)28-26(19-8-2-1-3-9-19)24-14-7-12-21(17-35)27(24)37-28/h1-16,18,37H,(H,38,39). The third-order valence-corrected chi connectivity index (χ3v) is 6.16. The Morgan fingerprint density at radius 1 is 0.927 bits per heavy atom. The summed E-state index contributed by atoms with van der Waals surface area (Å²) < 4.78 is 44.5. The topological polar surface area (TPSA) is 107 Å². The lowest BCUT2D eigenvalue weighted by molar-refractivity contribution is -0.137. The van der Waals surface area contributed by atoms with E-state index in [4.69, 9.17) is 4.74 Å². The predicted molar refractivity (Wildman–Crippen MR) is 146 cm³/mol. The first kappa shape index (κ1) is 26.9. The van der Waals surface area contributed by atoms with Crippen molar-refractivity contribution in [1.29, 1.82) is 5.26 Å². The molecular formula is C31H19F3N4O3. The van der Waals surface area contributed by atoms with Crippen molar-refractivity contribution in [1.82, 2.24) is 10.4 Å². The van der Waals surface area contributed by atoms with Gasteiger partial charge in [-0.2, -0.15) is 23.5 Å². The molecule has 0 saturated carbocycles. The number of alkyl halides is 3. The number of nitrogens with one attached hydrogen (secondary N) is 2. The monoisotopic (exact) mass is 552 g/mol. The van der Waals surface area contributed by atoms with Gasteiger partial charge in [-0.25, -0.2) is 10.2 Å². The minimum absolute atomic E-state index is 0.0298. The van der Waals surface area contributed by atoms with Crippen LogP contribution in [0.25, 0.3) is 22.0 Å². The molecule has 0 atom stereocenters. The maximum atomic E-state index is 13.2. The Morgan fingerprint density at radius 3 is 2.41 bits per heavy atom. The fourth-order valence-electron chi connectivity index (χ4n) is 4.26. The second-order valence-electron chi connectivity index (χ2n) is 8.79. The van der Waals surface area contributed by atoms with Crippen LogP contribution in [0.15, 0.2) is 102 Å². The number of esters is 1. The second kappa shape index (κ2) is 11.2. The molecule has 5 rings (SSSR count). The Kier molecular flexibility index (Phi) is 7.35. The molecule has 10 heteroatoms. The lowest BCUT2D eigenvalue weighted by Gasteiger charge is -2.10. The van der Waals surface area contributed by atoms with Gasteiger partial charge in [-0.15, -0.1) is 0 Å². The summed E-state index contributed by atoms with van der Waals surface area (Å²) in [5, 5.41) is 14.2. The molecule has 5 aromatic rings. The summed E-state index contributed by atoms with van der Waals surface area (Å²) in [7, 11) is 0. The highest BCUT2D eigenvalue weighted by molar-refractivity contribution is 6.10. The van der Waals surface area contributed by atoms with Crippen LogP contribution in [0.2, 0.25) is 0 Å². The van der Waals surface area contributed by atoms with E-state index in [0.29, 0.717) is 33.7 Å². The molecule has 1 heterocycles. The molecule has 0 fully saturated rings. The van der Waals surface area contributed by atoms with Gasteiger partial charge >= 0.3 is 12.1 Å². The molecule has 41 heavy (non-hydrogen) atoms. The van der Waals surface area contributed by atoms with Crippen LogP contribution in [-0.4, -0.2) is 23.1 Å². The number of aromatic amines is 1. The Hall–Kier alpha value is -5.69. The highest BCUT2D eigenvalue weighted by Gasteiger charge is 2.31. The number of H-pyrrole nitrogens is 1. The van der Waals surface area contributed by atoms with Gasteiger partial charge in [-0.05, 0) is 42.0 Å². The second-order valence-corrected chi connectivity index (χ2v) is 8.79. The van der Waals surface area contributed by atoms with Crippen LogP contribution in [0.3, 0.4) is 0 Å². The molecule has 0 aliphatic heterocycles. The zero-order valence-corrected chi connectivity index (χ0v) is 21.1. The van der Waals surface area contributed by atoms with Gasteiger partial charge in [0.05, 0.1) is 28.4 Å². The number of hydrogen-bond acceptors (Lipinski definition) is 5. The summed E-state index contributed by atoms with van der Waals surface area (Å²) in [6.45, 7) is 0. The first-order valence-corrected chi connectivity index (χ1v) is 12.2. The largest absolute Gasteiger partial charge is 0.422 e. The Bertz CT molecular complexity index is 1840. The summed E-state index contributed by atoms with van der Waals surface area (Å²) in [5.41, 5.74) is 3.92. The van der Waals surface area contributed by atoms with Gasteiger partial charge < -0.3 is 9.72 Å². The molecule has 2 N–H and O–H groups in total. The molecule has 1 amide bonds.